The van der Waals surface area contributed by atoms with Crippen molar-refractivity contribution in [2.45, 2.75) is 103 Å². The lowest BCUT2D eigenvalue weighted by Gasteiger charge is -2.23. The lowest BCUT2D eigenvalue weighted by Crippen LogP contribution is -2.40. The Hall–Kier alpha value is -3.50. The first kappa shape index (κ1) is 31.9. The van der Waals surface area contributed by atoms with Crippen LogP contribution >= 0.6 is 0 Å². The maximum atomic E-state index is 13.8. The second-order valence-corrected chi connectivity index (χ2v) is 14.1. The molecule has 0 unspecified atom stereocenters. The molecule has 5 rings (SSSR count). The molecule has 2 aliphatic rings. The molecule has 2 heterocycles. The van der Waals surface area contributed by atoms with Crippen molar-refractivity contribution in [3.63, 3.8) is 0 Å². The summed E-state index contributed by atoms with van der Waals surface area (Å²) in [5.74, 6) is 2.07. The highest BCUT2D eigenvalue weighted by atomic mass is 32.2. The number of anilines is 1. The van der Waals surface area contributed by atoms with Crippen molar-refractivity contribution in [3.8, 4) is 11.1 Å². The number of aliphatic imine (C=N–C) groups is 1. The number of hydrogen-bond acceptors (Lipinski definition) is 7. The van der Waals surface area contributed by atoms with Gasteiger partial charge in [0.1, 0.15) is 17.1 Å². The number of nitrogens with one attached hydrogen (secondary N) is 1. The van der Waals surface area contributed by atoms with Gasteiger partial charge in [-0.2, -0.15) is 0 Å². The Bertz CT molecular complexity index is 1640. The Morgan fingerprint density at radius 2 is 1.84 bits per heavy atom. The van der Waals surface area contributed by atoms with Gasteiger partial charge in [-0.25, -0.2) is 8.42 Å². The van der Waals surface area contributed by atoms with Gasteiger partial charge in [-0.3, -0.25) is 19.4 Å². The smallest absolute Gasteiger partial charge is 0.263 e. The number of sulfonamides is 1. The van der Waals surface area contributed by atoms with E-state index in [1.54, 1.807) is 32.0 Å². The average Bonchev–Trinajstić information content (AvgIpc) is 3.67. The monoisotopic (exact) mass is 620 g/mol. The first-order valence-electron chi connectivity index (χ1n) is 15.7. The third kappa shape index (κ3) is 6.61. The van der Waals surface area contributed by atoms with Gasteiger partial charge in [-0.15, -0.1) is 0 Å². The number of amides is 1. The molecule has 1 aromatic heterocycles. The lowest BCUT2D eigenvalue weighted by atomic mass is 9.96. The number of amidine groups is 1. The highest BCUT2D eigenvalue weighted by Crippen LogP contribution is 2.40. The van der Waals surface area contributed by atoms with E-state index < -0.39 is 15.6 Å². The Morgan fingerprint density at radius 1 is 1.09 bits per heavy atom. The number of unbranched alkanes of at least 4 members (excludes halogenated alkanes) is 1. The van der Waals surface area contributed by atoms with Crippen LogP contribution in [0.1, 0.15) is 88.2 Å². The molecule has 236 valence electrons. The van der Waals surface area contributed by atoms with E-state index in [4.69, 9.17) is 14.3 Å². The fourth-order valence-corrected chi connectivity index (χ4v) is 7.31. The van der Waals surface area contributed by atoms with E-state index in [0.29, 0.717) is 42.6 Å². The number of hydrogen-bond donors (Lipinski definition) is 1. The summed E-state index contributed by atoms with van der Waals surface area (Å²) in [7, 11) is -4.00. The average molecular weight is 621 g/mol. The molecule has 1 aliphatic heterocycles. The molecule has 2 aromatic carbocycles. The van der Waals surface area contributed by atoms with Gasteiger partial charge in [-0.05, 0) is 61.8 Å². The fourth-order valence-electron chi connectivity index (χ4n) is 6.03. The predicted octanol–water partition coefficient (Wildman–Crippen LogP) is 7.18. The first-order valence-corrected chi connectivity index (χ1v) is 17.2. The van der Waals surface area contributed by atoms with E-state index >= 15 is 0 Å². The molecule has 44 heavy (non-hydrogen) atoms. The van der Waals surface area contributed by atoms with Crippen LogP contribution in [0.15, 0.2) is 56.9 Å². The van der Waals surface area contributed by atoms with Crippen molar-refractivity contribution in [1.82, 2.24) is 10.1 Å². The molecule has 1 spiro atoms. The van der Waals surface area contributed by atoms with E-state index in [-0.39, 0.29) is 16.6 Å². The van der Waals surface area contributed by atoms with Crippen molar-refractivity contribution in [1.29, 1.82) is 0 Å². The van der Waals surface area contributed by atoms with Crippen LogP contribution in [0.3, 0.4) is 0 Å². The van der Waals surface area contributed by atoms with Gasteiger partial charge < -0.3 is 9.26 Å². The van der Waals surface area contributed by atoms with Crippen molar-refractivity contribution < 1.29 is 22.5 Å². The van der Waals surface area contributed by atoms with Crippen molar-refractivity contribution >= 4 is 27.6 Å². The van der Waals surface area contributed by atoms with E-state index in [1.807, 2.05) is 29.2 Å². The largest absolute Gasteiger partial charge is 0.376 e. The Kier molecular flexibility index (Phi) is 9.60. The fraction of sp³-hybridized carbons (Fsp3) is 0.500. The molecule has 0 bridgehead atoms. The highest BCUT2D eigenvalue weighted by Gasteiger charge is 2.49. The highest BCUT2D eigenvalue weighted by molar-refractivity contribution is 7.92. The van der Waals surface area contributed by atoms with E-state index in [9.17, 15) is 13.2 Å². The summed E-state index contributed by atoms with van der Waals surface area (Å²) in [6.07, 6.45) is 6.50. The van der Waals surface area contributed by atoms with E-state index in [1.165, 1.54) is 0 Å². The molecule has 3 aromatic rings. The number of nitrogens with zero attached hydrogens (tertiary/aromatic N) is 3. The molecule has 1 aliphatic carbocycles. The van der Waals surface area contributed by atoms with Gasteiger partial charge in [0.2, 0.25) is 0 Å². The molecule has 10 heteroatoms. The van der Waals surface area contributed by atoms with Crippen LogP contribution < -0.4 is 4.72 Å². The minimum atomic E-state index is -4.00. The zero-order valence-corrected chi connectivity index (χ0v) is 27.3. The zero-order valence-electron chi connectivity index (χ0n) is 26.5. The molecular formula is C34H44N4O5S. The normalized spacial score (nSPS) is 16.4. The van der Waals surface area contributed by atoms with Gasteiger partial charge in [-0.1, -0.05) is 81.6 Å². The number of rotatable bonds is 13. The van der Waals surface area contributed by atoms with Crippen molar-refractivity contribution in [3.05, 3.63) is 64.9 Å². The molecule has 0 radical (unpaired) electrons. The van der Waals surface area contributed by atoms with Crippen molar-refractivity contribution in [2.24, 2.45) is 10.9 Å². The summed E-state index contributed by atoms with van der Waals surface area (Å²) in [6.45, 7) is 11.1. The van der Waals surface area contributed by atoms with Gasteiger partial charge in [0.25, 0.3) is 15.9 Å². The second kappa shape index (κ2) is 13.2. The third-order valence-corrected chi connectivity index (χ3v) is 9.95. The molecule has 0 saturated heterocycles. The quantitative estimate of drug-likeness (QED) is 0.217. The Morgan fingerprint density at radius 3 is 2.52 bits per heavy atom. The third-order valence-electron chi connectivity index (χ3n) is 8.56. The van der Waals surface area contributed by atoms with Crippen LogP contribution in [0, 0.1) is 19.8 Å². The Labute approximate surface area is 261 Å². The van der Waals surface area contributed by atoms with Crippen LogP contribution in [-0.2, 0) is 32.7 Å². The number of benzene rings is 2. The number of carbonyl (C=O) groups excluding carboxylic acids is 1. The molecule has 1 fully saturated rings. The summed E-state index contributed by atoms with van der Waals surface area (Å²) in [4.78, 5) is 20.8. The maximum absolute atomic E-state index is 13.8. The minimum Gasteiger partial charge on any atom is -0.376 e. The summed E-state index contributed by atoms with van der Waals surface area (Å²) in [5.41, 5.74) is 3.17. The summed E-state index contributed by atoms with van der Waals surface area (Å²) >= 11 is 0. The molecule has 0 atom stereocenters. The topological polar surface area (TPSA) is 114 Å². The van der Waals surface area contributed by atoms with Crippen LogP contribution in [-0.4, -0.2) is 42.4 Å². The van der Waals surface area contributed by atoms with Gasteiger partial charge >= 0.3 is 0 Å². The van der Waals surface area contributed by atoms with E-state index in [2.05, 4.69) is 30.6 Å². The molecule has 1 saturated carbocycles. The van der Waals surface area contributed by atoms with Gasteiger partial charge in [0.05, 0.1) is 18.0 Å². The Balaban J connectivity index is 1.50. The number of ether oxygens (including phenoxy) is 1. The van der Waals surface area contributed by atoms with Crippen molar-refractivity contribution in [2.75, 3.05) is 11.3 Å². The first-order chi connectivity index (χ1) is 21.0. The summed E-state index contributed by atoms with van der Waals surface area (Å²) in [6, 6.07) is 12.9. The predicted molar refractivity (Wildman–Crippen MR) is 172 cm³/mol. The van der Waals surface area contributed by atoms with E-state index in [0.717, 1.165) is 67.5 Å². The second-order valence-electron chi connectivity index (χ2n) is 12.5. The lowest BCUT2D eigenvalue weighted by molar-refractivity contribution is -0.131. The zero-order chi connectivity index (χ0) is 31.5. The molecule has 9 nitrogen and oxygen atoms in total. The summed E-state index contributed by atoms with van der Waals surface area (Å²) in [5, 5.41) is 3.89. The maximum Gasteiger partial charge on any atom is 0.263 e. The molecule has 1 N–H and O–H groups in total. The van der Waals surface area contributed by atoms with Gasteiger partial charge in [0.15, 0.2) is 5.82 Å². The van der Waals surface area contributed by atoms with Crippen LogP contribution in [0.4, 0.5) is 5.82 Å². The molecular weight excluding hydrogens is 576 g/mol. The SMILES string of the molecule is CCCCC1=NC2(CCCC2)C(=O)N1Cc1ccc(-c2ccccc2S(=O)(=O)Nc2noc(C)c2C)c(COCC(C)C)c1. The van der Waals surface area contributed by atoms with Crippen LogP contribution in [0.5, 0.6) is 0 Å². The van der Waals surface area contributed by atoms with Crippen LogP contribution in [0.2, 0.25) is 0 Å². The standard InChI is InChI=1S/C34H44N4O5S/c1-6-7-14-31-35-34(17-10-11-18-34)33(39)38(31)20-26-15-16-28(27(19-26)22-42-21-23(2)3)29-12-8-9-13-30(29)44(40,41)37-32-24(4)25(5)43-36-32/h8-9,12-13,15-16,19,23H,6-7,10-11,14,17-18,20-22H2,1-5H3,(H,36,37). The number of aryl methyl sites for hydroxylation is 1. The minimum absolute atomic E-state index is 0.115. The molecule has 1 amide bonds. The van der Waals surface area contributed by atoms with Gasteiger partial charge in [0, 0.05) is 24.2 Å². The number of carbonyl (C=O) groups is 1. The van der Waals surface area contributed by atoms with Crippen LogP contribution in [0.25, 0.3) is 11.1 Å². The number of aromatic nitrogens is 1. The summed E-state index contributed by atoms with van der Waals surface area (Å²) < 4.78 is 41.2.